The van der Waals surface area contributed by atoms with Gasteiger partial charge in [-0.1, -0.05) is 11.8 Å². The molecule has 3 heterocycles. The predicted molar refractivity (Wildman–Crippen MR) is 80.3 cm³/mol. The number of fused-ring (bicyclic) bond motifs is 1. The van der Waals surface area contributed by atoms with Crippen molar-refractivity contribution in [1.82, 2.24) is 30.4 Å². The number of hydrogen-bond acceptors (Lipinski definition) is 8. The lowest BCUT2D eigenvalue weighted by Gasteiger charge is -2.49. The summed E-state index contributed by atoms with van der Waals surface area (Å²) < 4.78 is 1.49. The van der Waals surface area contributed by atoms with E-state index < -0.39 is 17.9 Å². The summed E-state index contributed by atoms with van der Waals surface area (Å²) >= 11 is 2.73. The van der Waals surface area contributed by atoms with E-state index in [0.717, 1.165) is 0 Å². The Morgan fingerprint density at radius 1 is 1.61 bits per heavy atom. The first kappa shape index (κ1) is 15.8. The molecule has 2 N–H and O–H groups in total. The first-order valence-electron chi connectivity index (χ1n) is 6.49. The van der Waals surface area contributed by atoms with E-state index in [1.807, 2.05) is 0 Å². The van der Waals surface area contributed by atoms with Crippen molar-refractivity contribution in [2.45, 2.75) is 16.6 Å². The van der Waals surface area contributed by atoms with Crippen molar-refractivity contribution < 1.29 is 19.5 Å². The number of carboxylic acid groups (broad SMARTS) is 1. The van der Waals surface area contributed by atoms with Crippen LogP contribution in [0.5, 0.6) is 0 Å². The third-order valence-corrected chi connectivity index (χ3v) is 5.89. The van der Waals surface area contributed by atoms with E-state index in [2.05, 4.69) is 20.8 Å². The van der Waals surface area contributed by atoms with Crippen LogP contribution in [-0.4, -0.2) is 71.4 Å². The summed E-state index contributed by atoms with van der Waals surface area (Å²) in [6.45, 7) is 0. The van der Waals surface area contributed by atoms with Gasteiger partial charge in [0.2, 0.25) is 11.6 Å². The molecular formula is C11H12N6O4S2. The van der Waals surface area contributed by atoms with Crippen LogP contribution in [0.2, 0.25) is 0 Å². The van der Waals surface area contributed by atoms with Crippen LogP contribution in [0.3, 0.4) is 0 Å². The van der Waals surface area contributed by atoms with Crippen molar-refractivity contribution in [3.8, 4) is 0 Å². The Bertz CT molecular complexity index is 704. The number of nitrogens with zero attached hydrogens (tertiary/aromatic N) is 5. The molecule has 2 amide bonds. The number of aromatic nitrogens is 4. The van der Waals surface area contributed by atoms with E-state index in [0.29, 0.717) is 28.6 Å². The molecule has 0 aromatic carbocycles. The van der Waals surface area contributed by atoms with Gasteiger partial charge in [-0.25, -0.2) is 9.48 Å². The molecule has 1 aromatic heterocycles. The zero-order valence-corrected chi connectivity index (χ0v) is 13.5. The van der Waals surface area contributed by atoms with Crippen molar-refractivity contribution in [3.63, 3.8) is 0 Å². The SMILES string of the molecule is Cn1nnnc1SCC1=C(C(=O)O)N2C(=O)C(NC=O)[C@@H]2SC1. The van der Waals surface area contributed by atoms with Crippen molar-refractivity contribution >= 4 is 41.8 Å². The maximum atomic E-state index is 12.1. The summed E-state index contributed by atoms with van der Waals surface area (Å²) in [5, 5.41) is 23.1. The first-order chi connectivity index (χ1) is 11.0. The quantitative estimate of drug-likeness (QED) is 0.362. The van der Waals surface area contributed by atoms with Crippen molar-refractivity contribution in [1.29, 1.82) is 0 Å². The molecule has 1 aromatic rings. The van der Waals surface area contributed by atoms with Crippen LogP contribution < -0.4 is 5.32 Å². The molecule has 2 atom stereocenters. The number of β-lactam (4-membered cyclic amide) rings is 1. The number of nitrogens with one attached hydrogen (secondary N) is 1. The van der Waals surface area contributed by atoms with Gasteiger partial charge in [-0.3, -0.25) is 14.5 Å². The van der Waals surface area contributed by atoms with Crippen LogP contribution in [0, 0.1) is 0 Å². The summed E-state index contributed by atoms with van der Waals surface area (Å²) in [6, 6.07) is -0.663. The van der Waals surface area contributed by atoms with Crippen molar-refractivity contribution in [2.24, 2.45) is 7.05 Å². The minimum Gasteiger partial charge on any atom is -0.477 e. The number of hydrogen-bond donors (Lipinski definition) is 2. The average Bonchev–Trinajstić information content (AvgIpc) is 2.94. The summed E-state index contributed by atoms with van der Waals surface area (Å²) in [5.41, 5.74) is 0.620. The molecule has 12 heteroatoms. The second-order valence-electron chi connectivity index (χ2n) is 4.80. The van der Waals surface area contributed by atoms with Gasteiger partial charge < -0.3 is 10.4 Å². The predicted octanol–water partition coefficient (Wildman–Crippen LogP) is -1.33. The van der Waals surface area contributed by atoms with Crippen molar-refractivity contribution in [3.05, 3.63) is 11.3 Å². The number of aryl methyl sites for hydroxylation is 1. The van der Waals surface area contributed by atoms with Gasteiger partial charge in [-0.2, -0.15) is 0 Å². The third-order valence-electron chi connectivity index (χ3n) is 3.45. The molecule has 1 fully saturated rings. The van der Waals surface area contributed by atoms with Crippen LogP contribution in [-0.2, 0) is 21.4 Å². The van der Waals surface area contributed by atoms with E-state index in [-0.39, 0.29) is 11.1 Å². The van der Waals surface area contributed by atoms with Gasteiger partial charge >= 0.3 is 5.97 Å². The Morgan fingerprint density at radius 2 is 2.39 bits per heavy atom. The molecule has 23 heavy (non-hydrogen) atoms. The largest absolute Gasteiger partial charge is 0.477 e. The lowest BCUT2D eigenvalue weighted by molar-refractivity contribution is -0.149. The Labute approximate surface area is 138 Å². The van der Waals surface area contributed by atoms with E-state index in [9.17, 15) is 19.5 Å². The molecule has 0 aliphatic carbocycles. The molecule has 122 valence electrons. The van der Waals surface area contributed by atoms with Crippen LogP contribution in [0.1, 0.15) is 0 Å². The minimum absolute atomic E-state index is 0.00896. The average molecular weight is 356 g/mol. The Kier molecular flexibility index (Phi) is 4.26. The monoisotopic (exact) mass is 356 g/mol. The summed E-state index contributed by atoms with van der Waals surface area (Å²) in [7, 11) is 1.69. The van der Waals surface area contributed by atoms with Gasteiger partial charge in [0.15, 0.2) is 0 Å². The molecule has 0 saturated carbocycles. The van der Waals surface area contributed by atoms with E-state index in [1.165, 1.54) is 33.1 Å². The maximum absolute atomic E-state index is 12.1. The molecule has 2 aliphatic rings. The molecule has 0 bridgehead atoms. The summed E-state index contributed by atoms with van der Waals surface area (Å²) in [5.74, 6) is -0.731. The highest BCUT2D eigenvalue weighted by atomic mass is 32.2. The Hall–Kier alpha value is -2.08. The molecular weight excluding hydrogens is 344 g/mol. The smallest absolute Gasteiger partial charge is 0.352 e. The molecule has 10 nitrogen and oxygen atoms in total. The fourth-order valence-electron chi connectivity index (χ4n) is 2.38. The number of carbonyl (C=O) groups is 3. The van der Waals surface area contributed by atoms with Crippen LogP contribution in [0.15, 0.2) is 16.4 Å². The highest BCUT2D eigenvalue weighted by Crippen LogP contribution is 2.41. The first-order valence-corrected chi connectivity index (χ1v) is 8.53. The fraction of sp³-hybridized carbons (Fsp3) is 0.455. The lowest BCUT2D eigenvalue weighted by atomic mass is 10.0. The van der Waals surface area contributed by atoms with E-state index in [1.54, 1.807) is 7.05 Å². The second kappa shape index (κ2) is 6.20. The number of carbonyl (C=O) groups excluding carboxylic acids is 2. The van der Waals surface area contributed by atoms with Gasteiger partial charge in [0.25, 0.3) is 5.91 Å². The third kappa shape index (κ3) is 2.67. The topological polar surface area (TPSA) is 130 Å². The lowest BCUT2D eigenvalue weighted by Crippen LogP contribution is -2.69. The fourth-order valence-corrected chi connectivity index (χ4v) is 4.73. The van der Waals surface area contributed by atoms with Crippen LogP contribution >= 0.6 is 23.5 Å². The van der Waals surface area contributed by atoms with E-state index >= 15 is 0 Å². The molecule has 1 saturated heterocycles. The number of aliphatic carboxylic acids is 1. The summed E-state index contributed by atoms with van der Waals surface area (Å²) in [4.78, 5) is 35.4. The molecule has 0 radical (unpaired) electrons. The molecule has 2 aliphatic heterocycles. The van der Waals surface area contributed by atoms with Crippen molar-refractivity contribution in [2.75, 3.05) is 11.5 Å². The maximum Gasteiger partial charge on any atom is 0.352 e. The van der Waals surface area contributed by atoms with Gasteiger partial charge in [-0.05, 0) is 16.0 Å². The highest BCUT2D eigenvalue weighted by molar-refractivity contribution is 8.01. The van der Waals surface area contributed by atoms with Gasteiger partial charge in [0, 0.05) is 18.6 Å². The standard InChI is InChI=1S/C11H12N6O4S2/c1-16-11(13-14-15-16)23-3-5-2-22-9-6(12-4-18)8(19)17(9)7(5)10(20)21/h4,6,9H,2-3H2,1H3,(H,12,18)(H,20,21)/t6?,9-/m0/s1. The Balaban J connectivity index is 1.81. The zero-order valence-electron chi connectivity index (χ0n) is 11.9. The number of tetrazole rings is 1. The minimum atomic E-state index is -1.15. The van der Waals surface area contributed by atoms with Gasteiger partial charge in [0.1, 0.15) is 17.1 Å². The summed E-state index contributed by atoms with van der Waals surface area (Å²) in [6.07, 6.45) is 0.455. The number of thioether (sulfide) groups is 2. The highest BCUT2D eigenvalue weighted by Gasteiger charge is 2.53. The van der Waals surface area contributed by atoms with Gasteiger partial charge in [0.05, 0.1) is 0 Å². The molecule has 0 spiro atoms. The number of carboxylic acids is 1. The number of amides is 2. The second-order valence-corrected chi connectivity index (χ2v) is 6.85. The van der Waals surface area contributed by atoms with Crippen LogP contribution in [0.25, 0.3) is 0 Å². The normalized spacial score (nSPS) is 23.3. The van der Waals surface area contributed by atoms with E-state index in [4.69, 9.17) is 0 Å². The zero-order chi connectivity index (χ0) is 16.6. The number of rotatable bonds is 6. The Morgan fingerprint density at radius 3 is 3.00 bits per heavy atom. The van der Waals surface area contributed by atoms with Crippen LogP contribution in [0.4, 0.5) is 0 Å². The van der Waals surface area contributed by atoms with Gasteiger partial charge in [-0.15, -0.1) is 16.9 Å². The molecule has 3 rings (SSSR count). The molecule has 1 unspecified atom stereocenters.